The Morgan fingerprint density at radius 2 is 1.88 bits per heavy atom. The zero-order chi connectivity index (χ0) is 17.7. The fourth-order valence-electron chi connectivity index (χ4n) is 4.99. The van der Waals surface area contributed by atoms with Crippen molar-refractivity contribution < 1.29 is 0 Å². The topological polar surface area (TPSA) is 12.9 Å². The highest BCUT2D eigenvalue weighted by molar-refractivity contribution is 7.19. The van der Waals surface area contributed by atoms with Crippen LogP contribution in [-0.2, 0) is 25.7 Å². The summed E-state index contributed by atoms with van der Waals surface area (Å²) in [7, 11) is 0. The van der Waals surface area contributed by atoms with Gasteiger partial charge in [-0.15, -0.1) is 11.3 Å². The summed E-state index contributed by atoms with van der Waals surface area (Å²) in [5.74, 6) is 1.63. The second-order valence-corrected chi connectivity index (χ2v) is 9.41. The normalized spacial score (nSPS) is 22.2. The van der Waals surface area contributed by atoms with E-state index in [2.05, 4.69) is 44.2 Å². The molecule has 2 aliphatic rings. The first kappa shape index (κ1) is 16.5. The Hall–Kier alpha value is -1.67. The zero-order valence-corrected chi connectivity index (χ0v) is 16.7. The Morgan fingerprint density at radius 1 is 1.04 bits per heavy atom. The lowest BCUT2D eigenvalue weighted by molar-refractivity contribution is 0.441. The number of hydrogen-bond acceptors (Lipinski definition) is 2. The highest BCUT2D eigenvalue weighted by Gasteiger charge is 2.28. The number of thiophene rings is 1. The van der Waals surface area contributed by atoms with Gasteiger partial charge >= 0.3 is 0 Å². The van der Waals surface area contributed by atoms with Crippen molar-refractivity contribution in [3.05, 3.63) is 52.0 Å². The second-order valence-electron chi connectivity index (χ2n) is 8.33. The summed E-state index contributed by atoms with van der Waals surface area (Å²) in [6, 6.07) is 11.1. The third-order valence-electron chi connectivity index (χ3n) is 6.55. The van der Waals surface area contributed by atoms with E-state index in [9.17, 15) is 0 Å². The van der Waals surface area contributed by atoms with Gasteiger partial charge in [-0.3, -0.25) is 0 Å². The van der Waals surface area contributed by atoms with Gasteiger partial charge in [-0.25, -0.2) is 4.98 Å². The summed E-state index contributed by atoms with van der Waals surface area (Å²) in [6.07, 6.45) is 8.74. The van der Waals surface area contributed by atoms with E-state index in [4.69, 9.17) is 4.98 Å². The van der Waals surface area contributed by atoms with E-state index < -0.39 is 0 Å². The van der Waals surface area contributed by atoms with E-state index in [-0.39, 0.29) is 0 Å². The van der Waals surface area contributed by atoms with Gasteiger partial charge in [0.05, 0.1) is 0 Å². The van der Waals surface area contributed by atoms with Gasteiger partial charge in [0.1, 0.15) is 4.83 Å². The van der Waals surface area contributed by atoms with Crippen molar-refractivity contribution in [2.45, 2.75) is 58.8 Å². The predicted molar refractivity (Wildman–Crippen MR) is 112 cm³/mol. The van der Waals surface area contributed by atoms with E-state index in [0.29, 0.717) is 0 Å². The molecule has 2 heteroatoms. The summed E-state index contributed by atoms with van der Waals surface area (Å²) in [6.45, 7) is 4.74. The lowest BCUT2D eigenvalue weighted by Gasteiger charge is -2.26. The minimum Gasteiger partial charge on any atom is -0.242 e. The number of rotatable bonds is 2. The van der Waals surface area contributed by atoms with Crippen LogP contribution < -0.4 is 0 Å². The molecule has 2 heterocycles. The Kier molecular flexibility index (Phi) is 4.12. The molecule has 0 spiro atoms. The number of fused-ring (bicyclic) bond motifs is 4. The first-order chi connectivity index (χ1) is 12.7. The lowest BCUT2D eigenvalue weighted by atomic mass is 9.79. The fourth-order valence-corrected chi connectivity index (χ4v) is 6.40. The molecule has 0 radical (unpaired) electrons. The monoisotopic (exact) mass is 361 g/mol. The summed E-state index contributed by atoms with van der Waals surface area (Å²) < 4.78 is 0. The van der Waals surface area contributed by atoms with Crippen molar-refractivity contribution in [3.63, 3.8) is 0 Å². The molecule has 3 aromatic rings. The van der Waals surface area contributed by atoms with Crippen LogP contribution in [0.4, 0.5) is 0 Å². The summed E-state index contributed by atoms with van der Waals surface area (Å²) in [5, 5.41) is 1.50. The van der Waals surface area contributed by atoms with Crippen molar-refractivity contribution in [1.82, 2.24) is 4.98 Å². The van der Waals surface area contributed by atoms with Gasteiger partial charge in [0.25, 0.3) is 0 Å². The average Bonchev–Trinajstić information content (AvgIpc) is 3.03. The van der Waals surface area contributed by atoms with Crippen molar-refractivity contribution in [1.29, 1.82) is 0 Å². The standard InChI is InChI=1S/C24H27NS/c1-3-16-10-12-20-19(14-16)22(17-7-5-4-6-8-17)23-18-11-9-15(2)13-21(18)26-24(23)25-20/h4-8,15-16H,3,9-14H2,1-2H3/t15-,16+/m1/s1. The van der Waals surface area contributed by atoms with Gasteiger partial charge in [-0.05, 0) is 72.6 Å². The molecule has 2 aromatic heterocycles. The van der Waals surface area contributed by atoms with Crippen molar-refractivity contribution in [2.24, 2.45) is 11.8 Å². The molecule has 2 atom stereocenters. The summed E-state index contributed by atoms with van der Waals surface area (Å²) in [5.41, 5.74) is 7.48. The van der Waals surface area contributed by atoms with Gasteiger partial charge in [0.15, 0.2) is 0 Å². The Bertz CT molecular complexity index is 953. The van der Waals surface area contributed by atoms with E-state index in [1.807, 2.05) is 11.3 Å². The minimum atomic E-state index is 0.815. The van der Waals surface area contributed by atoms with E-state index >= 15 is 0 Å². The maximum atomic E-state index is 5.22. The maximum Gasteiger partial charge on any atom is 0.124 e. The van der Waals surface area contributed by atoms with E-state index in [0.717, 1.165) is 18.3 Å². The number of nitrogens with zero attached hydrogens (tertiary/aromatic N) is 1. The van der Waals surface area contributed by atoms with Gasteiger partial charge in [0, 0.05) is 16.0 Å². The number of benzene rings is 1. The maximum absolute atomic E-state index is 5.22. The molecular formula is C24H27NS. The molecular weight excluding hydrogens is 334 g/mol. The van der Waals surface area contributed by atoms with Crippen molar-refractivity contribution in [3.8, 4) is 11.1 Å². The molecule has 5 rings (SSSR count). The molecule has 0 saturated heterocycles. The predicted octanol–water partition coefficient (Wildman–Crippen LogP) is 6.60. The summed E-state index contributed by atoms with van der Waals surface area (Å²) >= 11 is 1.98. The average molecular weight is 362 g/mol. The fraction of sp³-hybridized carbons (Fsp3) is 0.458. The van der Waals surface area contributed by atoms with Crippen LogP contribution in [0.15, 0.2) is 30.3 Å². The number of pyridine rings is 1. The lowest BCUT2D eigenvalue weighted by Crippen LogP contribution is -2.16. The van der Waals surface area contributed by atoms with Gasteiger partial charge in [0.2, 0.25) is 0 Å². The molecule has 0 saturated carbocycles. The van der Waals surface area contributed by atoms with E-state index in [1.165, 1.54) is 65.6 Å². The van der Waals surface area contributed by atoms with Crippen LogP contribution in [0.5, 0.6) is 0 Å². The molecule has 26 heavy (non-hydrogen) atoms. The van der Waals surface area contributed by atoms with Gasteiger partial charge in [-0.1, -0.05) is 50.6 Å². The Morgan fingerprint density at radius 3 is 2.69 bits per heavy atom. The van der Waals surface area contributed by atoms with Crippen LogP contribution in [0.25, 0.3) is 21.3 Å². The molecule has 0 unspecified atom stereocenters. The second kappa shape index (κ2) is 6.49. The van der Waals surface area contributed by atoms with Crippen LogP contribution in [0.2, 0.25) is 0 Å². The first-order valence-corrected chi connectivity index (χ1v) is 11.1. The molecule has 0 N–H and O–H groups in total. The largest absolute Gasteiger partial charge is 0.242 e. The van der Waals surface area contributed by atoms with E-state index in [1.54, 1.807) is 16.0 Å². The quantitative estimate of drug-likeness (QED) is 0.501. The number of hydrogen-bond donors (Lipinski definition) is 0. The SMILES string of the molecule is CC[C@H]1CCc2nc3sc4c(c3c(-c3ccccc3)c2C1)CC[C@@H](C)C4. The van der Waals surface area contributed by atoms with Crippen LogP contribution >= 0.6 is 11.3 Å². The third-order valence-corrected chi connectivity index (χ3v) is 7.70. The highest BCUT2D eigenvalue weighted by Crippen LogP contribution is 2.45. The van der Waals surface area contributed by atoms with Crippen LogP contribution in [0.1, 0.15) is 54.8 Å². The number of aromatic nitrogens is 1. The van der Waals surface area contributed by atoms with Crippen LogP contribution in [-0.4, -0.2) is 4.98 Å². The highest BCUT2D eigenvalue weighted by atomic mass is 32.1. The minimum absolute atomic E-state index is 0.815. The third kappa shape index (κ3) is 2.62. The molecule has 134 valence electrons. The molecule has 0 aliphatic heterocycles. The molecule has 0 fully saturated rings. The molecule has 0 bridgehead atoms. The Balaban J connectivity index is 1.82. The Labute approximate surface area is 160 Å². The van der Waals surface area contributed by atoms with Crippen molar-refractivity contribution >= 4 is 21.6 Å². The molecule has 1 aromatic carbocycles. The van der Waals surface area contributed by atoms with Gasteiger partial charge in [-0.2, -0.15) is 0 Å². The van der Waals surface area contributed by atoms with Crippen molar-refractivity contribution in [2.75, 3.05) is 0 Å². The van der Waals surface area contributed by atoms with Crippen LogP contribution in [0.3, 0.4) is 0 Å². The number of aryl methyl sites for hydroxylation is 2. The zero-order valence-electron chi connectivity index (χ0n) is 15.8. The summed E-state index contributed by atoms with van der Waals surface area (Å²) in [4.78, 5) is 8.13. The molecule has 1 nitrogen and oxygen atoms in total. The van der Waals surface area contributed by atoms with Crippen LogP contribution in [0, 0.1) is 11.8 Å². The first-order valence-electron chi connectivity index (χ1n) is 10.3. The molecule has 0 amide bonds. The smallest absolute Gasteiger partial charge is 0.124 e. The van der Waals surface area contributed by atoms with Gasteiger partial charge < -0.3 is 0 Å². The molecule has 2 aliphatic carbocycles.